The summed E-state index contributed by atoms with van der Waals surface area (Å²) in [5.74, 6) is 1.13. The van der Waals surface area contributed by atoms with Crippen molar-refractivity contribution in [3.8, 4) is 5.69 Å². The van der Waals surface area contributed by atoms with E-state index in [1.54, 1.807) is 11.0 Å². The van der Waals surface area contributed by atoms with Crippen LogP contribution in [-0.2, 0) is 0 Å². The monoisotopic (exact) mass is 390 g/mol. The van der Waals surface area contributed by atoms with E-state index in [-0.39, 0.29) is 11.2 Å². The minimum absolute atomic E-state index is 0.103. The molecule has 0 aliphatic heterocycles. The summed E-state index contributed by atoms with van der Waals surface area (Å²) in [6, 6.07) is 19.5. The van der Waals surface area contributed by atoms with Crippen LogP contribution < -0.4 is 11.1 Å². The lowest BCUT2D eigenvalue weighted by atomic mass is 10.3. The second-order valence-electron chi connectivity index (χ2n) is 5.93. The zero-order chi connectivity index (χ0) is 19.3. The zero-order valence-electron chi connectivity index (χ0n) is 15.1. The number of nitrogens with two attached hydrogens (primary N) is 1. The number of nitrogen functional groups attached to an aromatic ring is 1. The minimum Gasteiger partial charge on any atom is -0.368 e. The summed E-state index contributed by atoms with van der Waals surface area (Å²) in [6.07, 6.45) is 1.69. The number of hydrogen-bond donors (Lipinski definition) is 2. The van der Waals surface area contributed by atoms with Crippen molar-refractivity contribution >= 4 is 29.3 Å². The normalized spacial score (nSPS) is 11.9. The first-order valence-electron chi connectivity index (χ1n) is 8.64. The van der Waals surface area contributed by atoms with Crippen molar-refractivity contribution in [2.24, 2.45) is 0 Å². The molecule has 0 saturated heterocycles. The SMILES string of the molecule is C[C@H](Sc1ncn(-c2ccccc2)n1)c1nc(N)nc(Nc2ccccc2)n1. The Morgan fingerprint density at radius 3 is 2.43 bits per heavy atom. The summed E-state index contributed by atoms with van der Waals surface area (Å²) in [7, 11) is 0. The Morgan fingerprint density at radius 2 is 1.68 bits per heavy atom. The Bertz CT molecular complexity index is 1050. The van der Waals surface area contributed by atoms with Gasteiger partial charge in [0.1, 0.15) is 12.2 Å². The third-order valence-electron chi connectivity index (χ3n) is 3.84. The van der Waals surface area contributed by atoms with Gasteiger partial charge in [-0.1, -0.05) is 48.2 Å². The number of rotatable bonds is 6. The Labute approximate surface area is 166 Å². The van der Waals surface area contributed by atoms with E-state index in [4.69, 9.17) is 5.73 Å². The molecule has 4 aromatic rings. The van der Waals surface area contributed by atoms with Crippen molar-refractivity contribution in [2.75, 3.05) is 11.1 Å². The lowest BCUT2D eigenvalue weighted by Crippen LogP contribution is -2.08. The first-order valence-corrected chi connectivity index (χ1v) is 9.52. The Morgan fingerprint density at radius 1 is 0.964 bits per heavy atom. The maximum atomic E-state index is 5.88. The number of benzene rings is 2. The van der Waals surface area contributed by atoms with E-state index < -0.39 is 0 Å². The summed E-state index contributed by atoms with van der Waals surface area (Å²) < 4.78 is 1.74. The lowest BCUT2D eigenvalue weighted by molar-refractivity contribution is 0.827. The number of anilines is 3. The van der Waals surface area contributed by atoms with Gasteiger partial charge in [-0.25, -0.2) is 9.67 Å². The minimum atomic E-state index is -0.103. The van der Waals surface area contributed by atoms with Crippen molar-refractivity contribution in [2.45, 2.75) is 17.3 Å². The fourth-order valence-corrected chi connectivity index (χ4v) is 3.29. The molecule has 0 spiro atoms. The topological polar surface area (TPSA) is 107 Å². The smallest absolute Gasteiger partial charge is 0.232 e. The van der Waals surface area contributed by atoms with Crippen LogP contribution in [0.15, 0.2) is 72.1 Å². The predicted molar refractivity (Wildman–Crippen MR) is 110 cm³/mol. The van der Waals surface area contributed by atoms with Gasteiger partial charge in [0.05, 0.1) is 10.9 Å². The van der Waals surface area contributed by atoms with Crippen LogP contribution in [0.2, 0.25) is 0 Å². The maximum absolute atomic E-state index is 5.88. The first kappa shape index (κ1) is 17.9. The molecule has 0 aliphatic carbocycles. The number of hydrogen-bond acceptors (Lipinski definition) is 8. The molecule has 2 aromatic heterocycles. The molecular weight excluding hydrogens is 372 g/mol. The Kier molecular flexibility index (Phi) is 5.16. The maximum Gasteiger partial charge on any atom is 0.232 e. The highest BCUT2D eigenvalue weighted by molar-refractivity contribution is 7.99. The molecule has 0 radical (unpaired) electrons. The van der Waals surface area contributed by atoms with Crippen molar-refractivity contribution in [3.05, 3.63) is 72.8 Å². The average Bonchev–Trinajstić information content (AvgIpc) is 3.17. The van der Waals surface area contributed by atoms with Gasteiger partial charge in [-0.2, -0.15) is 15.0 Å². The van der Waals surface area contributed by atoms with Crippen molar-refractivity contribution in [1.82, 2.24) is 29.7 Å². The van der Waals surface area contributed by atoms with E-state index >= 15 is 0 Å². The standard InChI is InChI=1S/C19H18N8S/c1-13(28-19-21-12-27(26-19)15-10-6-3-7-11-15)16-23-17(20)25-18(24-16)22-14-8-4-2-5-9-14/h2-13H,1H3,(H3,20,22,23,24,25)/t13-/m0/s1. The van der Waals surface area contributed by atoms with Gasteiger partial charge in [0.25, 0.3) is 0 Å². The fraction of sp³-hybridized carbons (Fsp3) is 0.105. The molecular formula is C19H18N8S. The molecule has 0 unspecified atom stereocenters. The summed E-state index contributed by atoms with van der Waals surface area (Å²) in [5.41, 5.74) is 7.71. The number of aromatic nitrogens is 6. The molecule has 0 saturated carbocycles. The number of nitrogens with zero attached hydrogens (tertiary/aromatic N) is 6. The van der Waals surface area contributed by atoms with Gasteiger partial charge in [-0.3, -0.25) is 0 Å². The second kappa shape index (κ2) is 8.05. The lowest BCUT2D eigenvalue weighted by Gasteiger charge is -2.10. The quantitative estimate of drug-likeness (QED) is 0.481. The molecule has 0 fully saturated rings. The van der Waals surface area contributed by atoms with Crippen LogP contribution >= 0.6 is 11.8 Å². The molecule has 0 aliphatic rings. The van der Waals surface area contributed by atoms with Crippen LogP contribution in [0, 0.1) is 0 Å². The molecule has 3 N–H and O–H groups in total. The highest BCUT2D eigenvalue weighted by Crippen LogP contribution is 2.31. The molecule has 9 heteroatoms. The third-order valence-corrected chi connectivity index (χ3v) is 4.80. The van der Waals surface area contributed by atoms with Gasteiger partial charge < -0.3 is 11.1 Å². The average molecular weight is 390 g/mol. The van der Waals surface area contributed by atoms with E-state index in [1.807, 2.05) is 67.6 Å². The highest BCUT2D eigenvalue weighted by atomic mass is 32.2. The van der Waals surface area contributed by atoms with Gasteiger partial charge in [0.2, 0.25) is 17.1 Å². The number of para-hydroxylation sites is 2. The fourth-order valence-electron chi connectivity index (χ4n) is 2.52. The molecule has 8 nitrogen and oxygen atoms in total. The van der Waals surface area contributed by atoms with E-state index in [0.29, 0.717) is 16.9 Å². The van der Waals surface area contributed by atoms with Gasteiger partial charge in [0, 0.05) is 5.69 Å². The summed E-state index contributed by atoms with van der Waals surface area (Å²) in [6.45, 7) is 1.98. The van der Waals surface area contributed by atoms with Crippen molar-refractivity contribution < 1.29 is 0 Å². The highest BCUT2D eigenvalue weighted by Gasteiger charge is 2.16. The summed E-state index contributed by atoms with van der Waals surface area (Å²) in [4.78, 5) is 17.3. The number of thioether (sulfide) groups is 1. The van der Waals surface area contributed by atoms with Gasteiger partial charge in [0.15, 0.2) is 0 Å². The third kappa shape index (κ3) is 4.26. The largest absolute Gasteiger partial charge is 0.368 e. The van der Waals surface area contributed by atoms with Crippen LogP contribution in [0.1, 0.15) is 18.0 Å². The van der Waals surface area contributed by atoms with Crippen LogP contribution in [0.5, 0.6) is 0 Å². The zero-order valence-corrected chi connectivity index (χ0v) is 15.9. The Hall–Kier alpha value is -3.46. The molecule has 28 heavy (non-hydrogen) atoms. The van der Waals surface area contributed by atoms with Crippen LogP contribution in [0.25, 0.3) is 5.69 Å². The predicted octanol–water partition coefficient (Wildman–Crippen LogP) is 3.63. The van der Waals surface area contributed by atoms with Gasteiger partial charge in [-0.15, -0.1) is 5.10 Å². The van der Waals surface area contributed by atoms with E-state index in [1.165, 1.54) is 11.8 Å². The Balaban J connectivity index is 1.50. The molecule has 4 rings (SSSR count). The van der Waals surface area contributed by atoms with Crippen LogP contribution in [0.4, 0.5) is 17.6 Å². The molecule has 2 aromatic carbocycles. The summed E-state index contributed by atoms with van der Waals surface area (Å²) >= 11 is 1.46. The summed E-state index contributed by atoms with van der Waals surface area (Å²) in [5, 5.41) is 8.18. The van der Waals surface area contributed by atoms with Gasteiger partial charge in [-0.05, 0) is 31.2 Å². The van der Waals surface area contributed by atoms with Gasteiger partial charge >= 0.3 is 0 Å². The van der Waals surface area contributed by atoms with Crippen LogP contribution in [0.3, 0.4) is 0 Å². The molecule has 1 atom stereocenters. The van der Waals surface area contributed by atoms with E-state index in [2.05, 4.69) is 30.4 Å². The number of nitrogens with one attached hydrogen (secondary N) is 1. The molecule has 0 bridgehead atoms. The second-order valence-corrected chi connectivity index (χ2v) is 7.24. The van der Waals surface area contributed by atoms with E-state index in [9.17, 15) is 0 Å². The van der Waals surface area contributed by atoms with Crippen molar-refractivity contribution in [1.29, 1.82) is 0 Å². The van der Waals surface area contributed by atoms with E-state index in [0.717, 1.165) is 11.4 Å². The molecule has 2 heterocycles. The van der Waals surface area contributed by atoms with Crippen molar-refractivity contribution in [3.63, 3.8) is 0 Å². The van der Waals surface area contributed by atoms with Crippen LogP contribution in [-0.4, -0.2) is 29.7 Å². The molecule has 0 amide bonds. The first-order chi connectivity index (χ1) is 13.7. The molecule has 140 valence electrons.